The Morgan fingerprint density at radius 2 is 1.89 bits per heavy atom. The summed E-state index contributed by atoms with van der Waals surface area (Å²) in [5.41, 5.74) is 11.5. The summed E-state index contributed by atoms with van der Waals surface area (Å²) in [5.74, 6) is 0.633. The van der Waals surface area contributed by atoms with Crippen LogP contribution in [0.4, 0.5) is 0 Å². The van der Waals surface area contributed by atoms with Gasteiger partial charge in [0.15, 0.2) is 0 Å². The second-order valence-corrected chi connectivity index (χ2v) is 3.15. The van der Waals surface area contributed by atoms with Crippen molar-refractivity contribution in [3.8, 4) is 0 Å². The van der Waals surface area contributed by atoms with E-state index >= 15 is 0 Å². The van der Waals surface area contributed by atoms with Gasteiger partial charge in [-0.15, -0.1) is 0 Å². The standard InChI is InChI=1S/C7H16N2/c1-5-3-2-4-6(8)7(5)9/h5-7H,2-4,8-9H2,1H3/t5-,6+,7-/m0/s1. The minimum atomic E-state index is 0.249. The summed E-state index contributed by atoms with van der Waals surface area (Å²) in [6.45, 7) is 2.18. The summed E-state index contributed by atoms with van der Waals surface area (Å²) >= 11 is 0. The zero-order chi connectivity index (χ0) is 6.85. The quantitative estimate of drug-likeness (QED) is 0.498. The molecular formula is C7H16N2. The van der Waals surface area contributed by atoms with Crippen LogP contribution in [0.2, 0.25) is 0 Å². The van der Waals surface area contributed by atoms with E-state index in [2.05, 4.69) is 6.92 Å². The molecule has 0 saturated heterocycles. The van der Waals surface area contributed by atoms with E-state index in [9.17, 15) is 0 Å². The Morgan fingerprint density at radius 3 is 2.33 bits per heavy atom. The van der Waals surface area contributed by atoms with Gasteiger partial charge in [-0.25, -0.2) is 0 Å². The van der Waals surface area contributed by atoms with E-state index in [4.69, 9.17) is 11.5 Å². The van der Waals surface area contributed by atoms with Crippen molar-refractivity contribution in [3.63, 3.8) is 0 Å². The van der Waals surface area contributed by atoms with Gasteiger partial charge in [-0.1, -0.05) is 13.3 Å². The fourth-order valence-electron chi connectivity index (χ4n) is 1.48. The van der Waals surface area contributed by atoms with Crippen LogP contribution < -0.4 is 11.5 Å². The predicted molar refractivity (Wildman–Crippen MR) is 39.0 cm³/mol. The number of rotatable bonds is 0. The topological polar surface area (TPSA) is 52.0 Å². The lowest BCUT2D eigenvalue weighted by atomic mass is 9.83. The molecule has 0 aliphatic heterocycles. The summed E-state index contributed by atoms with van der Waals surface area (Å²) in [6.07, 6.45) is 3.64. The molecule has 0 bridgehead atoms. The van der Waals surface area contributed by atoms with E-state index in [1.807, 2.05) is 0 Å². The minimum Gasteiger partial charge on any atom is -0.326 e. The minimum absolute atomic E-state index is 0.249. The normalized spacial score (nSPS) is 45.0. The van der Waals surface area contributed by atoms with Gasteiger partial charge in [0, 0.05) is 12.1 Å². The lowest BCUT2D eigenvalue weighted by Crippen LogP contribution is -2.48. The Labute approximate surface area is 56.6 Å². The van der Waals surface area contributed by atoms with Crippen LogP contribution in [-0.2, 0) is 0 Å². The highest BCUT2D eigenvalue weighted by atomic mass is 14.8. The van der Waals surface area contributed by atoms with Crippen molar-refractivity contribution < 1.29 is 0 Å². The Kier molecular flexibility index (Phi) is 2.09. The average Bonchev–Trinajstić information content (AvgIpc) is 1.83. The summed E-state index contributed by atoms with van der Waals surface area (Å²) < 4.78 is 0. The molecule has 0 spiro atoms. The second kappa shape index (κ2) is 2.67. The molecule has 1 saturated carbocycles. The van der Waals surface area contributed by atoms with Gasteiger partial charge in [0.05, 0.1) is 0 Å². The van der Waals surface area contributed by atoms with Gasteiger partial charge in [-0.05, 0) is 18.8 Å². The van der Waals surface area contributed by atoms with E-state index in [1.54, 1.807) is 0 Å². The molecule has 1 rings (SSSR count). The summed E-state index contributed by atoms with van der Waals surface area (Å²) in [4.78, 5) is 0. The zero-order valence-electron chi connectivity index (χ0n) is 6.01. The number of hydrogen-bond donors (Lipinski definition) is 2. The molecule has 0 amide bonds. The van der Waals surface area contributed by atoms with Crippen LogP contribution >= 0.6 is 0 Å². The molecule has 2 nitrogen and oxygen atoms in total. The zero-order valence-corrected chi connectivity index (χ0v) is 6.01. The van der Waals surface area contributed by atoms with E-state index in [0.29, 0.717) is 5.92 Å². The van der Waals surface area contributed by atoms with Crippen LogP contribution in [0.1, 0.15) is 26.2 Å². The Bertz CT molecular complexity index is 82.9. The van der Waals surface area contributed by atoms with Crippen LogP contribution in [0, 0.1) is 5.92 Å². The Morgan fingerprint density at radius 1 is 1.22 bits per heavy atom. The van der Waals surface area contributed by atoms with Crippen molar-refractivity contribution in [2.24, 2.45) is 17.4 Å². The third kappa shape index (κ3) is 1.43. The lowest BCUT2D eigenvalue weighted by Gasteiger charge is -2.30. The molecule has 54 valence electrons. The molecule has 0 aromatic carbocycles. The molecule has 2 heteroatoms. The third-order valence-corrected chi connectivity index (χ3v) is 2.35. The van der Waals surface area contributed by atoms with Crippen LogP contribution in [0.5, 0.6) is 0 Å². The van der Waals surface area contributed by atoms with E-state index in [1.165, 1.54) is 12.8 Å². The molecule has 0 unspecified atom stereocenters. The predicted octanol–water partition coefficient (Wildman–Crippen LogP) is 0.461. The smallest absolute Gasteiger partial charge is 0.0218 e. The van der Waals surface area contributed by atoms with Crippen molar-refractivity contribution in [2.75, 3.05) is 0 Å². The van der Waals surface area contributed by atoms with Crippen molar-refractivity contribution in [2.45, 2.75) is 38.3 Å². The third-order valence-electron chi connectivity index (χ3n) is 2.35. The fraction of sp³-hybridized carbons (Fsp3) is 1.00. The van der Waals surface area contributed by atoms with Gasteiger partial charge in [0.2, 0.25) is 0 Å². The molecule has 0 aromatic heterocycles. The number of hydrogen-bond acceptors (Lipinski definition) is 2. The lowest BCUT2D eigenvalue weighted by molar-refractivity contribution is 0.293. The van der Waals surface area contributed by atoms with Gasteiger partial charge in [0.25, 0.3) is 0 Å². The van der Waals surface area contributed by atoms with Crippen molar-refractivity contribution in [1.82, 2.24) is 0 Å². The van der Waals surface area contributed by atoms with Crippen LogP contribution in [0.15, 0.2) is 0 Å². The van der Waals surface area contributed by atoms with Gasteiger partial charge in [0.1, 0.15) is 0 Å². The average molecular weight is 128 g/mol. The summed E-state index contributed by atoms with van der Waals surface area (Å²) in [6, 6.07) is 0.507. The fourth-order valence-corrected chi connectivity index (χ4v) is 1.48. The maximum atomic E-state index is 5.80. The van der Waals surface area contributed by atoms with Crippen molar-refractivity contribution in [3.05, 3.63) is 0 Å². The molecule has 1 aliphatic carbocycles. The SMILES string of the molecule is C[C@H]1CCC[C@@H](N)[C@H]1N. The maximum Gasteiger partial charge on any atom is 0.0218 e. The van der Waals surface area contributed by atoms with Crippen molar-refractivity contribution in [1.29, 1.82) is 0 Å². The van der Waals surface area contributed by atoms with Crippen LogP contribution in [0.25, 0.3) is 0 Å². The van der Waals surface area contributed by atoms with E-state index < -0.39 is 0 Å². The highest BCUT2D eigenvalue weighted by molar-refractivity contribution is 4.84. The van der Waals surface area contributed by atoms with Gasteiger partial charge < -0.3 is 11.5 Å². The highest BCUT2D eigenvalue weighted by Crippen LogP contribution is 2.20. The largest absolute Gasteiger partial charge is 0.326 e. The van der Waals surface area contributed by atoms with Gasteiger partial charge in [-0.2, -0.15) is 0 Å². The monoisotopic (exact) mass is 128 g/mol. The van der Waals surface area contributed by atoms with Gasteiger partial charge in [-0.3, -0.25) is 0 Å². The summed E-state index contributed by atoms with van der Waals surface area (Å²) in [5, 5.41) is 0. The van der Waals surface area contributed by atoms with Gasteiger partial charge >= 0.3 is 0 Å². The molecule has 4 N–H and O–H groups in total. The van der Waals surface area contributed by atoms with Crippen LogP contribution in [-0.4, -0.2) is 12.1 Å². The maximum absolute atomic E-state index is 5.80. The molecule has 3 atom stereocenters. The Balaban J connectivity index is 2.41. The molecule has 0 radical (unpaired) electrons. The molecule has 0 aromatic rings. The first-order valence-corrected chi connectivity index (χ1v) is 3.73. The van der Waals surface area contributed by atoms with E-state index in [0.717, 1.165) is 6.42 Å². The molecular weight excluding hydrogens is 112 g/mol. The highest BCUT2D eigenvalue weighted by Gasteiger charge is 2.23. The first-order chi connectivity index (χ1) is 4.22. The van der Waals surface area contributed by atoms with Crippen molar-refractivity contribution >= 4 is 0 Å². The molecule has 1 aliphatic rings. The number of nitrogens with two attached hydrogens (primary N) is 2. The molecule has 9 heavy (non-hydrogen) atoms. The first-order valence-electron chi connectivity index (χ1n) is 3.73. The first kappa shape index (κ1) is 7.03. The van der Waals surface area contributed by atoms with E-state index in [-0.39, 0.29) is 12.1 Å². The Hall–Kier alpha value is -0.0800. The second-order valence-electron chi connectivity index (χ2n) is 3.15. The molecule has 1 fully saturated rings. The molecule has 0 heterocycles. The van der Waals surface area contributed by atoms with Crippen LogP contribution in [0.3, 0.4) is 0 Å². The summed E-state index contributed by atoms with van der Waals surface area (Å²) in [7, 11) is 0.